The molecule has 4 nitrogen and oxygen atoms in total. The Kier molecular flexibility index (Phi) is 3.19. The lowest BCUT2D eigenvalue weighted by atomic mass is 9.84. The summed E-state index contributed by atoms with van der Waals surface area (Å²) in [7, 11) is -0.413. The average Bonchev–Trinajstić information content (AvgIpc) is 2.97. The van der Waals surface area contributed by atoms with Crippen LogP contribution in [0.15, 0.2) is 29.2 Å². The van der Waals surface area contributed by atoms with E-state index in [0.717, 1.165) is 16.9 Å². The van der Waals surface area contributed by atoms with Gasteiger partial charge in [-0.2, -0.15) is 0 Å². The first kappa shape index (κ1) is 13.7. The van der Waals surface area contributed by atoms with Crippen LogP contribution in [0, 0.1) is 0 Å². The first-order valence-electron chi connectivity index (χ1n) is 6.59. The summed E-state index contributed by atoms with van der Waals surface area (Å²) in [4.78, 5) is 8.74. The SMILES string of the molecule is CC1(C)OB(c2ccc(-c3cscn3)cn2)OC1(C)C. The van der Waals surface area contributed by atoms with Gasteiger partial charge in [-0.3, -0.25) is 4.98 Å². The zero-order valence-electron chi connectivity index (χ0n) is 12.1. The van der Waals surface area contributed by atoms with Crippen LogP contribution in [-0.2, 0) is 9.31 Å². The number of nitrogens with zero attached hydrogens (tertiary/aromatic N) is 2. The Balaban J connectivity index is 1.83. The van der Waals surface area contributed by atoms with E-state index in [2.05, 4.69) is 9.97 Å². The number of thiazole rings is 1. The minimum Gasteiger partial charge on any atom is -0.398 e. The van der Waals surface area contributed by atoms with Crippen molar-refractivity contribution < 1.29 is 9.31 Å². The minimum absolute atomic E-state index is 0.340. The van der Waals surface area contributed by atoms with Gasteiger partial charge in [0, 0.05) is 17.1 Å². The molecule has 0 N–H and O–H groups in total. The predicted octanol–water partition coefficient (Wildman–Crippen LogP) is 2.50. The van der Waals surface area contributed by atoms with Gasteiger partial charge in [-0.05, 0) is 33.8 Å². The number of aromatic nitrogens is 2. The molecular weight excluding hydrogens is 271 g/mol. The maximum absolute atomic E-state index is 5.98. The standard InChI is InChI=1S/C14H17BN2O2S/c1-13(2)14(3,4)19-15(18-13)12-6-5-10(7-16-12)11-8-20-9-17-11/h5-9H,1-4H3. The highest BCUT2D eigenvalue weighted by Crippen LogP contribution is 2.36. The van der Waals surface area contributed by atoms with Crippen LogP contribution in [0.2, 0.25) is 0 Å². The zero-order valence-corrected chi connectivity index (χ0v) is 12.9. The van der Waals surface area contributed by atoms with E-state index in [0.29, 0.717) is 0 Å². The van der Waals surface area contributed by atoms with E-state index in [1.807, 2.05) is 56.9 Å². The van der Waals surface area contributed by atoms with Crippen LogP contribution in [0.1, 0.15) is 27.7 Å². The van der Waals surface area contributed by atoms with Crippen LogP contribution in [-0.4, -0.2) is 28.3 Å². The molecule has 2 aromatic rings. The molecule has 1 saturated heterocycles. The quantitative estimate of drug-likeness (QED) is 0.796. The van der Waals surface area contributed by atoms with Gasteiger partial charge in [0.15, 0.2) is 0 Å². The molecule has 0 atom stereocenters. The van der Waals surface area contributed by atoms with Crippen molar-refractivity contribution in [1.82, 2.24) is 9.97 Å². The highest BCUT2D eigenvalue weighted by Gasteiger charge is 2.52. The third-order valence-corrected chi connectivity index (χ3v) is 4.60. The van der Waals surface area contributed by atoms with Crippen molar-refractivity contribution in [3.8, 4) is 11.3 Å². The first-order valence-corrected chi connectivity index (χ1v) is 7.53. The third kappa shape index (κ3) is 2.28. The van der Waals surface area contributed by atoms with Crippen molar-refractivity contribution in [2.75, 3.05) is 0 Å². The maximum atomic E-state index is 5.98. The zero-order chi connectivity index (χ0) is 14.4. The Bertz CT molecular complexity index is 580. The van der Waals surface area contributed by atoms with E-state index < -0.39 is 7.12 Å². The topological polar surface area (TPSA) is 44.2 Å². The first-order chi connectivity index (χ1) is 9.39. The molecule has 20 heavy (non-hydrogen) atoms. The monoisotopic (exact) mass is 288 g/mol. The summed E-state index contributed by atoms with van der Waals surface area (Å²) in [6, 6.07) is 3.94. The molecule has 1 aliphatic rings. The summed E-state index contributed by atoms with van der Waals surface area (Å²) in [5, 5.41) is 2.01. The maximum Gasteiger partial charge on any atom is 0.514 e. The van der Waals surface area contributed by atoms with E-state index >= 15 is 0 Å². The smallest absolute Gasteiger partial charge is 0.398 e. The molecule has 6 heteroatoms. The lowest BCUT2D eigenvalue weighted by Crippen LogP contribution is -2.41. The number of hydrogen-bond acceptors (Lipinski definition) is 5. The lowest BCUT2D eigenvalue weighted by Gasteiger charge is -2.32. The molecule has 0 saturated carbocycles. The summed E-state index contributed by atoms with van der Waals surface area (Å²) in [6.07, 6.45) is 1.81. The molecule has 3 heterocycles. The Morgan fingerprint density at radius 3 is 2.25 bits per heavy atom. The summed E-state index contributed by atoms with van der Waals surface area (Å²) in [6.45, 7) is 8.15. The second-order valence-corrected chi connectivity index (χ2v) is 6.65. The van der Waals surface area contributed by atoms with Crippen molar-refractivity contribution in [2.45, 2.75) is 38.9 Å². The van der Waals surface area contributed by atoms with E-state index in [1.54, 1.807) is 11.3 Å². The summed E-state index contributed by atoms with van der Waals surface area (Å²) >= 11 is 1.58. The highest BCUT2D eigenvalue weighted by atomic mass is 32.1. The van der Waals surface area contributed by atoms with Crippen molar-refractivity contribution in [2.24, 2.45) is 0 Å². The van der Waals surface area contributed by atoms with Crippen molar-refractivity contribution >= 4 is 24.0 Å². The van der Waals surface area contributed by atoms with E-state index in [4.69, 9.17) is 9.31 Å². The molecule has 2 aromatic heterocycles. The number of pyridine rings is 1. The van der Waals surface area contributed by atoms with Crippen LogP contribution in [0.25, 0.3) is 11.3 Å². The fourth-order valence-electron chi connectivity index (χ4n) is 2.02. The Morgan fingerprint density at radius 2 is 1.75 bits per heavy atom. The summed E-state index contributed by atoms with van der Waals surface area (Å²) in [5.41, 5.74) is 3.88. The van der Waals surface area contributed by atoms with Crippen molar-refractivity contribution in [3.63, 3.8) is 0 Å². The van der Waals surface area contributed by atoms with Crippen LogP contribution in [0.4, 0.5) is 0 Å². The molecule has 0 aliphatic carbocycles. The second-order valence-electron chi connectivity index (χ2n) is 5.93. The van der Waals surface area contributed by atoms with E-state index in [9.17, 15) is 0 Å². The van der Waals surface area contributed by atoms with Gasteiger partial charge in [0.2, 0.25) is 0 Å². The van der Waals surface area contributed by atoms with Crippen LogP contribution >= 0.6 is 11.3 Å². The average molecular weight is 288 g/mol. The molecule has 0 radical (unpaired) electrons. The molecule has 1 aliphatic heterocycles. The number of rotatable bonds is 2. The van der Waals surface area contributed by atoms with Gasteiger partial charge in [0.1, 0.15) is 0 Å². The largest absolute Gasteiger partial charge is 0.514 e. The molecule has 1 fully saturated rings. The third-order valence-electron chi connectivity index (χ3n) is 4.01. The second kappa shape index (κ2) is 4.65. The Hall–Kier alpha value is -1.24. The van der Waals surface area contributed by atoms with Gasteiger partial charge < -0.3 is 9.31 Å². The summed E-state index contributed by atoms with van der Waals surface area (Å²) in [5.74, 6) is 0. The molecular formula is C14H17BN2O2S. The summed E-state index contributed by atoms with van der Waals surface area (Å²) < 4.78 is 12.0. The normalized spacial score (nSPS) is 20.3. The molecule has 0 amide bonds. The Labute approximate surface area is 123 Å². The molecule has 0 unspecified atom stereocenters. The highest BCUT2D eigenvalue weighted by molar-refractivity contribution is 7.07. The molecule has 104 valence electrons. The molecule has 0 aromatic carbocycles. The fraction of sp³-hybridized carbons (Fsp3) is 0.429. The van der Waals surface area contributed by atoms with Gasteiger partial charge in [-0.1, -0.05) is 6.07 Å². The molecule has 3 rings (SSSR count). The van der Waals surface area contributed by atoms with Gasteiger partial charge >= 0.3 is 7.12 Å². The van der Waals surface area contributed by atoms with Crippen LogP contribution in [0.5, 0.6) is 0 Å². The predicted molar refractivity (Wildman–Crippen MR) is 81.1 cm³/mol. The van der Waals surface area contributed by atoms with Gasteiger partial charge in [-0.15, -0.1) is 11.3 Å². The van der Waals surface area contributed by atoms with E-state index in [1.165, 1.54) is 0 Å². The molecule has 0 bridgehead atoms. The van der Waals surface area contributed by atoms with Gasteiger partial charge in [0.25, 0.3) is 0 Å². The van der Waals surface area contributed by atoms with Crippen LogP contribution in [0.3, 0.4) is 0 Å². The number of hydrogen-bond donors (Lipinski definition) is 0. The van der Waals surface area contributed by atoms with Crippen LogP contribution < -0.4 is 5.59 Å². The Morgan fingerprint density at radius 1 is 1.05 bits per heavy atom. The molecule has 0 spiro atoms. The minimum atomic E-state index is -0.413. The van der Waals surface area contributed by atoms with Crippen molar-refractivity contribution in [1.29, 1.82) is 0 Å². The van der Waals surface area contributed by atoms with Gasteiger partial charge in [0.05, 0.1) is 28.0 Å². The van der Waals surface area contributed by atoms with E-state index in [-0.39, 0.29) is 11.2 Å². The van der Waals surface area contributed by atoms with Gasteiger partial charge in [-0.25, -0.2) is 4.98 Å². The lowest BCUT2D eigenvalue weighted by molar-refractivity contribution is 0.00578. The fourth-order valence-corrected chi connectivity index (χ4v) is 2.58. The van der Waals surface area contributed by atoms with Crippen molar-refractivity contribution in [3.05, 3.63) is 29.2 Å².